The maximum absolute atomic E-state index is 7.29. The largest absolute Gasteiger partial charge is 0.384 e. The van der Waals surface area contributed by atoms with Gasteiger partial charge in [-0.3, -0.25) is 5.41 Å². The Bertz CT molecular complexity index is 341. The van der Waals surface area contributed by atoms with E-state index in [1.165, 1.54) is 5.69 Å². The summed E-state index contributed by atoms with van der Waals surface area (Å²) in [5.41, 5.74) is 7.33. The fraction of sp³-hybridized carbons (Fsp3) is 0.364. The van der Waals surface area contributed by atoms with Gasteiger partial charge in [0, 0.05) is 24.3 Å². The fourth-order valence-corrected chi connectivity index (χ4v) is 1.67. The lowest BCUT2D eigenvalue weighted by Crippen LogP contribution is -2.36. The van der Waals surface area contributed by atoms with E-state index in [0.29, 0.717) is 0 Å². The number of ether oxygens (including phenoxy) is 1. The Morgan fingerprint density at radius 1 is 1.20 bits per heavy atom. The van der Waals surface area contributed by atoms with Crippen molar-refractivity contribution < 1.29 is 4.74 Å². The molecule has 4 heteroatoms. The van der Waals surface area contributed by atoms with Crippen molar-refractivity contribution in [3.8, 4) is 0 Å². The molecule has 3 N–H and O–H groups in total. The highest BCUT2D eigenvalue weighted by Gasteiger charge is 2.10. The second-order valence-electron chi connectivity index (χ2n) is 3.56. The Morgan fingerprint density at radius 2 is 1.80 bits per heavy atom. The Labute approximate surface area is 89.1 Å². The molecule has 0 radical (unpaired) electrons. The van der Waals surface area contributed by atoms with Gasteiger partial charge >= 0.3 is 0 Å². The zero-order valence-corrected chi connectivity index (χ0v) is 8.57. The summed E-state index contributed by atoms with van der Waals surface area (Å²) in [7, 11) is 0. The molecule has 1 saturated heterocycles. The van der Waals surface area contributed by atoms with Gasteiger partial charge in [-0.05, 0) is 24.3 Å². The van der Waals surface area contributed by atoms with Crippen molar-refractivity contribution >= 4 is 11.5 Å². The van der Waals surface area contributed by atoms with Crippen LogP contribution in [0.3, 0.4) is 0 Å². The molecule has 0 bridgehead atoms. The number of anilines is 1. The highest BCUT2D eigenvalue weighted by atomic mass is 16.5. The third kappa shape index (κ3) is 2.27. The smallest absolute Gasteiger partial charge is 0.122 e. The second-order valence-corrected chi connectivity index (χ2v) is 3.56. The third-order valence-corrected chi connectivity index (χ3v) is 2.55. The van der Waals surface area contributed by atoms with Gasteiger partial charge in [0.15, 0.2) is 0 Å². The maximum atomic E-state index is 7.29. The van der Waals surface area contributed by atoms with E-state index in [4.69, 9.17) is 15.9 Å². The number of nitrogens with zero attached hydrogens (tertiary/aromatic N) is 1. The van der Waals surface area contributed by atoms with Crippen LogP contribution < -0.4 is 10.6 Å². The zero-order chi connectivity index (χ0) is 10.7. The van der Waals surface area contributed by atoms with Gasteiger partial charge in [0.1, 0.15) is 5.84 Å². The molecule has 0 saturated carbocycles. The highest BCUT2D eigenvalue weighted by molar-refractivity contribution is 5.95. The Morgan fingerprint density at radius 3 is 2.33 bits per heavy atom. The number of nitrogens with one attached hydrogen (secondary N) is 1. The van der Waals surface area contributed by atoms with Crippen LogP contribution in [-0.4, -0.2) is 32.1 Å². The van der Waals surface area contributed by atoms with Crippen molar-refractivity contribution in [2.24, 2.45) is 5.73 Å². The van der Waals surface area contributed by atoms with E-state index >= 15 is 0 Å². The topological polar surface area (TPSA) is 62.3 Å². The van der Waals surface area contributed by atoms with Crippen molar-refractivity contribution in [2.75, 3.05) is 31.2 Å². The monoisotopic (exact) mass is 205 g/mol. The molecule has 80 valence electrons. The molecule has 1 heterocycles. The predicted molar refractivity (Wildman–Crippen MR) is 60.5 cm³/mol. The number of nitrogens with two attached hydrogens (primary N) is 1. The number of morpholine rings is 1. The first kappa shape index (κ1) is 9.98. The number of hydrogen-bond acceptors (Lipinski definition) is 3. The lowest BCUT2D eigenvalue weighted by Gasteiger charge is -2.28. The van der Waals surface area contributed by atoms with Gasteiger partial charge in [-0.2, -0.15) is 0 Å². The summed E-state index contributed by atoms with van der Waals surface area (Å²) < 4.78 is 5.29. The molecule has 1 aliphatic heterocycles. The summed E-state index contributed by atoms with van der Waals surface area (Å²) in [6, 6.07) is 7.77. The van der Waals surface area contributed by atoms with Gasteiger partial charge in [-0.15, -0.1) is 0 Å². The maximum Gasteiger partial charge on any atom is 0.122 e. The average Bonchev–Trinajstić information content (AvgIpc) is 2.30. The van der Waals surface area contributed by atoms with E-state index in [9.17, 15) is 0 Å². The van der Waals surface area contributed by atoms with Gasteiger partial charge in [-0.1, -0.05) is 0 Å². The van der Waals surface area contributed by atoms with Crippen LogP contribution in [0.25, 0.3) is 0 Å². The van der Waals surface area contributed by atoms with Crippen LogP contribution in [0.2, 0.25) is 0 Å². The number of nitrogen functional groups attached to an aromatic ring is 1. The molecule has 0 spiro atoms. The van der Waals surface area contributed by atoms with Crippen molar-refractivity contribution in [2.45, 2.75) is 0 Å². The van der Waals surface area contributed by atoms with Gasteiger partial charge < -0.3 is 15.4 Å². The van der Waals surface area contributed by atoms with Crippen LogP contribution in [0.5, 0.6) is 0 Å². The summed E-state index contributed by atoms with van der Waals surface area (Å²) in [4.78, 5) is 2.27. The summed E-state index contributed by atoms with van der Waals surface area (Å²) in [5, 5.41) is 7.29. The first-order chi connectivity index (χ1) is 7.27. The highest BCUT2D eigenvalue weighted by Crippen LogP contribution is 2.16. The molecular weight excluding hydrogens is 190 g/mol. The first-order valence-electron chi connectivity index (χ1n) is 5.04. The molecule has 0 aliphatic carbocycles. The summed E-state index contributed by atoms with van der Waals surface area (Å²) in [6.45, 7) is 3.43. The van der Waals surface area contributed by atoms with Gasteiger partial charge in [0.25, 0.3) is 0 Å². The number of rotatable bonds is 2. The standard InChI is InChI=1S/C11H15N3O/c12-11(13)9-1-3-10(4-2-9)14-5-7-15-8-6-14/h1-4H,5-8H2,(H3,12,13). The summed E-state index contributed by atoms with van der Waals surface area (Å²) in [6.07, 6.45) is 0. The minimum Gasteiger partial charge on any atom is -0.384 e. The third-order valence-electron chi connectivity index (χ3n) is 2.55. The first-order valence-corrected chi connectivity index (χ1v) is 5.04. The molecule has 0 aromatic heterocycles. The van der Waals surface area contributed by atoms with Gasteiger partial charge in [0.05, 0.1) is 13.2 Å². The number of benzene rings is 1. The molecule has 0 unspecified atom stereocenters. The predicted octanol–water partition coefficient (Wildman–Crippen LogP) is 0.807. The SMILES string of the molecule is N=C(N)c1ccc(N2CCOCC2)cc1. The summed E-state index contributed by atoms with van der Waals surface area (Å²) >= 11 is 0. The molecule has 1 aromatic carbocycles. The van der Waals surface area contributed by atoms with E-state index in [0.717, 1.165) is 31.9 Å². The molecule has 1 aromatic rings. The molecule has 4 nitrogen and oxygen atoms in total. The van der Waals surface area contributed by atoms with E-state index < -0.39 is 0 Å². The lowest BCUT2D eigenvalue weighted by atomic mass is 10.2. The minimum absolute atomic E-state index is 0.114. The Hall–Kier alpha value is -1.55. The van der Waals surface area contributed by atoms with Crippen molar-refractivity contribution in [3.05, 3.63) is 29.8 Å². The van der Waals surface area contributed by atoms with Crippen LogP contribution in [0.4, 0.5) is 5.69 Å². The van der Waals surface area contributed by atoms with E-state index in [2.05, 4.69) is 4.90 Å². The number of amidine groups is 1. The second kappa shape index (κ2) is 4.31. The normalized spacial score (nSPS) is 16.4. The van der Waals surface area contributed by atoms with E-state index in [-0.39, 0.29) is 5.84 Å². The van der Waals surface area contributed by atoms with Gasteiger partial charge in [-0.25, -0.2) is 0 Å². The molecule has 1 aliphatic rings. The van der Waals surface area contributed by atoms with E-state index in [1.54, 1.807) is 0 Å². The Kier molecular flexibility index (Phi) is 2.87. The quantitative estimate of drug-likeness (QED) is 0.554. The van der Waals surface area contributed by atoms with Crippen LogP contribution in [0, 0.1) is 5.41 Å². The van der Waals surface area contributed by atoms with Crippen LogP contribution in [0.15, 0.2) is 24.3 Å². The summed E-state index contributed by atoms with van der Waals surface area (Å²) in [5.74, 6) is 0.114. The Balaban J connectivity index is 2.11. The fourth-order valence-electron chi connectivity index (χ4n) is 1.67. The van der Waals surface area contributed by atoms with Gasteiger partial charge in [0.2, 0.25) is 0 Å². The molecule has 1 fully saturated rings. The van der Waals surface area contributed by atoms with Crippen molar-refractivity contribution in [1.82, 2.24) is 0 Å². The van der Waals surface area contributed by atoms with Crippen molar-refractivity contribution in [1.29, 1.82) is 5.41 Å². The van der Waals surface area contributed by atoms with Crippen LogP contribution >= 0.6 is 0 Å². The van der Waals surface area contributed by atoms with Crippen LogP contribution in [-0.2, 0) is 4.74 Å². The average molecular weight is 205 g/mol. The lowest BCUT2D eigenvalue weighted by molar-refractivity contribution is 0.122. The van der Waals surface area contributed by atoms with E-state index in [1.807, 2.05) is 24.3 Å². The molecule has 0 amide bonds. The zero-order valence-electron chi connectivity index (χ0n) is 8.57. The number of hydrogen-bond donors (Lipinski definition) is 2. The van der Waals surface area contributed by atoms with Crippen molar-refractivity contribution in [3.63, 3.8) is 0 Å². The van der Waals surface area contributed by atoms with Crippen LogP contribution in [0.1, 0.15) is 5.56 Å². The minimum atomic E-state index is 0.114. The molecular formula is C11H15N3O. The molecule has 0 atom stereocenters. The molecule has 2 rings (SSSR count). The molecule has 15 heavy (non-hydrogen) atoms.